The zero-order valence-corrected chi connectivity index (χ0v) is 20.0. The standard InChI is InChI=1S/C24H30F3N5OS/c1-17-6-5-11-32(15-17)20-14-19(24(25,26)27)29-21(30-20)31-22(34)28-16-23(9-12-33-13-10-23)18-7-3-2-4-8-18/h2-4,7-8,14,17H,5-6,9-13,15-16H2,1H3,(H2,28,29,30,31,34)/t17-/m0/s1. The van der Waals surface area contributed by atoms with Crippen LogP contribution in [-0.4, -0.2) is 47.9 Å². The van der Waals surface area contributed by atoms with Gasteiger partial charge in [0.2, 0.25) is 5.95 Å². The Hall–Kier alpha value is -2.46. The number of aromatic nitrogens is 2. The highest BCUT2D eigenvalue weighted by molar-refractivity contribution is 7.80. The molecule has 10 heteroatoms. The van der Waals surface area contributed by atoms with E-state index in [9.17, 15) is 13.2 Å². The summed E-state index contributed by atoms with van der Waals surface area (Å²) in [6, 6.07) is 11.2. The molecule has 0 amide bonds. The molecule has 2 aliphatic rings. The summed E-state index contributed by atoms with van der Waals surface area (Å²) in [5, 5.41) is 6.18. The van der Waals surface area contributed by atoms with E-state index < -0.39 is 11.9 Å². The first kappa shape index (κ1) is 24.7. The predicted molar refractivity (Wildman–Crippen MR) is 130 cm³/mol. The Morgan fingerprint density at radius 1 is 1.21 bits per heavy atom. The summed E-state index contributed by atoms with van der Waals surface area (Å²) in [5.74, 6) is 0.511. The number of halogens is 3. The second-order valence-electron chi connectivity index (χ2n) is 9.19. The van der Waals surface area contributed by atoms with E-state index >= 15 is 0 Å². The van der Waals surface area contributed by atoms with Gasteiger partial charge in [-0.25, -0.2) is 4.98 Å². The molecular weight excluding hydrogens is 463 g/mol. The van der Waals surface area contributed by atoms with Crippen molar-refractivity contribution in [2.75, 3.05) is 43.1 Å². The van der Waals surface area contributed by atoms with Crippen molar-refractivity contribution >= 4 is 29.1 Å². The smallest absolute Gasteiger partial charge is 0.381 e. The van der Waals surface area contributed by atoms with Crippen LogP contribution in [0.15, 0.2) is 36.4 Å². The van der Waals surface area contributed by atoms with Crippen LogP contribution >= 0.6 is 12.2 Å². The fourth-order valence-corrected chi connectivity index (χ4v) is 4.88. The summed E-state index contributed by atoms with van der Waals surface area (Å²) >= 11 is 5.43. The minimum absolute atomic E-state index is 0.152. The maximum atomic E-state index is 13.6. The lowest BCUT2D eigenvalue weighted by atomic mass is 9.74. The lowest BCUT2D eigenvalue weighted by molar-refractivity contribution is -0.141. The second kappa shape index (κ2) is 10.4. The normalized spacial score (nSPS) is 20.6. The molecule has 0 unspecified atom stereocenters. The number of piperidine rings is 1. The van der Waals surface area contributed by atoms with Crippen molar-refractivity contribution in [1.82, 2.24) is 15.3 Å². The number of benzene rings is 1. The van der Waals surface area contributed by atoms with Crippen molar-refractivity contribution in [2.45, 2.75) is 44.2 Å². The van der Waals surface area contributed by atoms with Crippen LogP contribution in [0.25, 0.3) is 0 Å². The second-order valence-corrected chi connectivity index (χ2v) is 9.60. The maximum absolute atomic E-state index is 13.6. The first-order valence-corrected chi connectivity index (χ1v) is 12.1. The quantitative estimate of drug-likeness (QED) is 0.582. The molecule has 0 bridgehead atoms. The van der Waals surface area contributed by atoms with Crippen LogP contribution in [0.1, 0.15) is 43.9 Å². The molecule has 2 aliphatic heterocycles. The van der Waals surface area contributed by atoms with Crippen LogP contribution in [-0.2, 0) is 16.3 Å². The zero-order valence-electron chi connectivity index (χ0n) is 19.2. The first-order valence-electron chi connectivity index (χ1n) is 11.6. The lowest BCUT2D eigenvalue weighted by Gasteiger charge is -2.38. The Balaban J connectivity index is 1.50. The highest BCUT2D eigenvalue weighted by Crippen LogP contribution is 2.34. The molecule has 1 atom stereocenters. The number of thiocarbonyl (C=S) groups is 1. The Bertz CT molecular complexity index is 982. The van der Waals surface area contributed by atoms with Gasteiger partial charge in [0.1, 0.15) is 5.82 Å². The fraction of sp³-hybridized carbons (Fsp3) is 0.542. The lowest BCUT2D eigenvalue weighted by Crippen LogP contribution is -2.45. The van der Waals surface area contributed by atoms with Gasteiger partial charge in [-0.15, -0.1) is 0 Å². The van der Waals surface area contributed by atoms with Crippen molar-refractivity contribution in [2.24, 2.45) is 5.92 Å². The van der Waals surface area contributed by atoms with Gasteiger partial charge in [-0.2, -0.15) is 18.2 Å². The molecule has 2 N–H and O–H groups in total. The summed E-state index contributed by atoms with van der Waals surface area (Å²) in [4.78, 5) is 9.97. The third-order valence-electron chi connectivity index (χ3n) is 6.63. The average molecular weight is 494 g/mol. The van der Waals surface area contributed by atoms with Gasteiger partial charge in [0, 0.05) is 44.3 Å². The van der Waals surface area contributed by atoms with Gasteiger partial charge in [0.15, 0.2) is 10.8 Å². The molecule has 0 radical (unpaired) electrons. The van der Waals surface area contributed by atoms with Crippen molar-refractivity contribution in [1.29, 1.82) is 0 Å². The van der Waals surface area contributed by atoms with Crippen LogP contribution in [0.5, 0.6) is 0 Å². The molecule has 6 nitrogen and oxygen atoms in total. The van der Waals surface area contributed by atoms with Crippen molar-refractivity contribution in [3.63, 3.8) is 0 Å². The number of hydrogen-bond donors (Lipinski definition) is 2. The van der Waals surface area contributed by atoms with Crippen molar-refractivity contribution in [3.05, 3.63) is 47.7 Å². The molecule has 2 aromatic rings. The fourth-order valence-electron chi connectivity index (χ4n) is 4.71. The zero-order chi connectivity index (χ0) is 24.2. The number of anilines is 2. The third kappa shape index (κ3) is 5.96. The number of rotatable bonds is 5. The van der Waals surface area contributed by atoms with Gasteiger partial charge in [-0.1, -0.05) is 37.3 Å². The monoisotopic (exact) mass is 493 g/mol. The molecule has 0 saturated carbocycles. The van der Waals surface area contributed by atoms with Gasteiger partial charge in [0.25, 0.3) is 0 Å². The molecule has 3 heterocycles. The van der Waals surface area contributed by atoms with E-state index in [1.54, 1.807) is 0 Å². The van der Waals surface area contributed by atoms with Gasteiger partial charge >= 0.3 is 6.18 Å². The van der Waals surface area contributed by atoms with Crippen LogP contribution in [0, 0.1) is 5.92 Å². The molecule has 0 spiro atoms. The van der Waals surface area contributed by atoms with Crippen LogP contribution in [0.2, 0.25) is 0 Å². The highest BCUT2D eigenvalue weighted by atomic mass is 32.1. The summed E-state index contributed by atoms with van der Waals surface area (Å²) in [5.41, 5.74) is 0.0336. The average Bonchev–Trinajstić information content (AvgIpc) is 2.83. The van der Waals surface area contributed by atoms with Crippen molar-refractivity contribution in [3.8, 4) is 0 Å². The first-order chi connectivity index (χ1) is 16.2. The number of alkyl halides is 3. The van der Waals surface area contributed by atoms with Crippen LogP contribution in [0.3, 0.4) is 0 Å². The highest BCUT2D eigenvalue weighted by Gasteiger charge is 2.36. The van der Waals surface area contributed by atoms with E-state index in [2.05, 4.69) is 39.7 Å². The summed E-state index contributed by atoms with van der Waals surface area (Å²) < 4.78 is 46.2. The number of nitrogens with one attached hydrogen (secondary N) is 2. The van der Waals surface area contributed by atoms with Gasteiger partial charge < -0.3 is 20.3 Å². The van der Waals surface area contributed by atoms with E-state index in [-0.39, 0.29) is 22.3 Å². The van der Waals surface area contributed by atoms with Gasteiger partial charge in [-0.05, 0) is 49.4 Å². The number of nitrogens with zero attached hydrogens (tertiary/aromatic N) is 3. The molecule has 4 rings (SSSR count). The molecule has 0 aliphatic carbocycles. The van der Waals surface area contributed by atoms with Gasteiger partial charge in [0.05, 0.1) is 0 Å². The molecule has 1 aromatic carbocycles. The largest absolute Gasteiger partial charge is 0.433 e. The number of hydrogen-bond acceptors (Lipinski definition) is 5. The minimum Gasteiger partial charge on any atom is -0.381 e. The van der Waals surface area contributed by atoms with Crippen molar-refractivity contribution < 1.29 is 17.9 Å². The molecule has 2 fully saturated rings. The molecule has 1 aromatic heterocycles. The van der Waals surface area contributed by atoms with Gasteiger partial charge in [-0.3, -0.25) is 0 Å². The van der Waals surface area contributed by atoms with Crippen LogP contribution in [0.4, 0.5) is 24.9 Å². The molecule has 2 saturated heterocycles. The number of ether oxygens (including phenoxy) is 1. The maximum Gasteiger partial charge on any atom is 0.433 e. The van der Waals surface area contributed by atoms with E-state index in [1.165, 1.54) is 5.56 Å². The minimum atomic E-state index is -4.58. The molecular formula is C24H30F3N5OS. The Kier molecular flexibility index (Phi) is 7.57. The summed E-state index contributed by atoms with van der Waals surface area (Å²) in [7, 11) is 0. The van der Waals surface area contributed by atoms with E-state index in [4.69, 9.17) is 17.0 Å². The van der Waals surface area contributed by atoms with E-state index in [0.717, 1.165) is 31.7 Å². The topological polar surface area (TPSA) is 62.3 Å². The Morgan fingerprint density at radius 3 is 2.62 bits per heavy atom. The molecule has 184 valence electrons. The van der Waals surface area contributed by atoms with E-state index in [1.807, 2.05) is 23.1 Å². The SMILES string of the molecule is C[C@H]1CCCN(c2cc(C(F)(F)F)nc(NC(=S)NCC3(c4ccccc4)CCOCC3)n2)C1. The predicted octanol–water partition coefficient (Wildman–Crippen LogP) is 4.77. The summed E-state index contributed by atoms with van der Waals surface area (Å²) in [6.45, 7) is 5.24. The molecule has 34 heavy (non-hydrogen) atoms. The Labute approximate surface area is 203 Å². The third-order valence-corrected chi connectivity index (χ3v) is 6.88. The summed E-state index contributed by atoms with van der Waals surface area (Å²) in [6.07, 6.45) is -0.959. The van der Waals surface area contributed by atoms with Crippen LogP contribution < -0.4 is 15.5 Å². The Morgan fingerprint density at radius 2 is 1.94 bits per heavy atom. The van der Waals surface area contributed by atoms with E-state index in [0.29, 0.717) is 38.8 Å².